The van der Waals surface area contributed by atoms with Crippen molar-refractivity contribution in [1.82, 2.24) is 0 Å². The van der Waals surface area contributed by atoms with Gasteiger partial charge in [-0.25, -0.2) is 0 Å². The van der Waals surface area contributed by atoms with Gasteiger partial charge in [-0.05, 0) is 111 Å². The van der Waals surface area contributed by atoms with Crippen LogP contribution in [0.2, 0.25) is 0 Å². The quantitative estimate of drug-likeness (QED) is 0.169. The monoisotopic (exact) mass is 632 g/mol. The summed E-state index contributed by atoms with van der Waals surface area (Å²) < 4.78 is 0. The Morgan fingerprint density at radius 2 is 0.600 bits per heavy atom. The Balaban J connectivity index is 1.31. The molecule has 10 aromatic carbocycles. The van der Waals surface area contributed by atoms with Gasteiger partial charge in [-0.1, -0.05) is 182 Å². The van der Waals surface area contributed by atoms with Gasteiger partial charge in [-0.15, -0.1) is 0 Å². The summed E-state index contributed by atoms with van der Waals surface area (Å²) in [6.45, 7) is 0. The highest BCUT2D eigenvalue weighted by atomic mass is 14.2. The Bertz CT molecular complexity index is 2910. The van der Waals surface area contributed by atoms with Crippen molar-refractivity contribution in [2.45, 2.75) is 0 Å². The highest BCUT2D eigenvalue weighted by Gasteiger charge is 2.19. The second kappa shape index (κ2) is 11.6. The molecule has 0 unspecified atom stereocenters. The molecule has 0 atom stereocenters. The van der Waals surface area contributed by atoms with Crippen molar-refractivity contribution in [3.8, 4) is 44.5 Å². The molecule has 0 fully saturated rings. The number of hydrogen-bond acceptors (Lipinski definition) is 0. The topological polar surface area (TPSA) is 0 Å². The second-order valence-corrected chi connectivity index (χ2v) is 13.2. The maximum absolute atomic E-state index is 2.44. The van der Waals surface area contributed by atoms with Crippen LogP contribution in [0, 0.1) is 0 Å². The normalized spacial score (nSPS) is 11.6. The third kappa shape index (κ3) is 4.54. The van der Waals surface area contributed by atoms with Crippen molar-refractivity contribution in [3.63, 3.8) is 0 Å². The molecule has 0 bridgehead atoms. The zero-order chi connectivity index (χ0) is 33.0. The number of hydrogen-bond donors (Lipinski definition) is 0. The summed E-state index contributed by atoms with van der Waals surface area (Å²) in [7, 11) is 0. The van der Waals surface area contributed by atoms with E-state index < -0.39 is 0 Å². The fourth-order valence-electron chi connectivity index (χ4n) is 8.19. The first-order valence-corrected chi connectivity index (χ1v) is 17.4. The Kier molecular flexibility index (Phi) is 6.60. The van der Waals surface area contributed by atoms with Gasteiger partial charge in [0, 0.05) is 0 Å². The molecular weight excluding hydrogens is 601 g/mol. The molecule has 0 spiro atoms. The first-order chi connectivity index (χ1) is 24.8. The molecule has 10 rings (SSSR count). The van der Waals surface area contributed by atoms with Crippen molar-refractivity contribution < 1.29 is 0 Å². The number of rotatable bonds is 4. The average Bonchev–Trinajstić information content (AvgIpc) is 3.19. The molecule has 0 radical (unpaired) electrons. The van der Waals surface area contributed by atoms with Gasteiger partial charge in [0.15, 0.2) is 0 Å². The molecule has 0 saturated heterocycles. The summed E-state index contributed by atoms with van der Waals surface area (Å²) in [5.74, 6) is 0. The minimum Gasteiger partial charge on any atom is -0.0616 e. The molecule has 0 aliphatic carbocycles. The van der Waals surface area contributed by atoms with Crippen LogP contribution in [0.4, 0.5) is 0 Å². The van der Waals surface area contributed by atoms with Crippen molar-refractivity contribution in [2.24, 2.45) is 0 Å². The summed E-state index contributed by atoms with van der Waals surface area (Å²) >= 11 is 0. The standard InChI is InChI=1S/C50H32/c1-4-21-39-33(13-1)16-10-26-42(39)36-19-9-20-38(31-36)49-45-24-7-8-25-46(45)50(44-28-12-18-35-15-3-6-23-41(35)44)48-32-37(29-30-47(48)49)43-27-11-17-34-14-2-5-22-40(34)43/h1-32H. The summed E-state index contributed by atoms with van der Waals surface area (Å²) in [5, 5.41) is 12.6. The van der Waals surface area contributed by atoms with E-state index in [1.165, 1.54) is 98.4 Å². The van der Waals surface area contributed by atoms with Gasteiger partial charge in [-0.3, -0.25) is 0 Å². The Morgan fingerprint density at radius 3 is 1.20 bits per heavy atom. The van der Waals surface area contributed by atoms with Crippen LogP contribution in [-0.2, 0) is 0 Å². The van der Waals surface area contributed by atoms with Gasteiger partial charge >= 0.3 is 0 Å². The lowest BCUT2D eigenvalue weighted by Gasteiger charge is -2.20. The maximum atomic E-state index is 2.44. The van der Waals surface area contributed by atoms with Gasteiger partial charge in [0.05, 0.1) is 0 Å². The van der Waals surface area contributed by atoms with Crippen LogP contribution in [0.15, 0.2) is 194 Å². The minimum absolute atomic E-state index is 1.22. The largest absolute Gasteiger partial charge is 0.0616 e. The summed E-state index contributed by atoms with van der Waals surface area (Å²) in [6.07, 6.45) is 0. The first kappa shape index (κ1) is 28.5. The van der Waals surface area contributed by atoms with Crippen LogP contribution < -0.4 is 0 Å². The number of fused-ring (bicyclic) bond motifs is 5. The zero-order valence-corrected chi connectivity index (χ0v) is 27.5. The van der Waals surface area contributed by atoms with Crippen molar-refractivity contribution in [3.05, 3.63) is 194 Å². The molecule has 232 valence electrons. The van der Waals surface area contributed by atoms with E-state index in [-0.39, 0.29) is 0 Å². The Labute approximate surface area is 291 Å². The summed E-state index contributed by atoms with van der Waals surface area (Å²) in [6, 6.07) is 71.4. The predicted molar refractivity (Wildman–Crippen MR) is 216 cm³/mol. The van der Waals surface area contributed by atoms with Gasteiger partial charge < -0.3 is 0 Å². The fourth-order valence-corrected chi connectivity index (χ4v) is 8.19. The molecular formula is C50H32. The van der Waals surface area contributed by atoms with Gasteiger partial charge in [-0.2, -0.15) is 0 Å². The molecule has 10 aromatic rings. The molecule has 0 aliphatic heterocycles. The lowest BCUT2D eigenvalue weighted by atomic mass is 9.83. The Hall–Kier alpha value is -6.50. The van der Waals surface area contributed by atoms with Crippen LogP contribution in [0.5, 0.6) is 0 Å². The van der Waals surface area contributed by atoms with Crippen LogP contribution in [-0.4, -0.2) is 0 Å². The highest BCUT2D eigenvalue weighted by molar-refractivity contribution is 6.24. The van der Waals surface area contributed by atoms with E-state index in [1.807, 2.05) is 0 Å². The van der Waals surface area contributed by atoms with Crippen LogP contribution in [0.25, 0.3) is 98.4 Å². The first-order valence-electron chi connectivity index (χ1n) is 17.4. The third-order valence-electron chi connectivity index (χ3n) is 10.4. The Morgan fingerprint density at radius 1 is 0.200 bits per heavy atom. The van der Waals surface area contributed by atoms with Crippen molar-refractivity contribution in [1.29, 1.82) is 0 Å². The molecule has 0 heteroatoms. The van der Waals surface area contributed by atoms with E-state index in [9.17, 15) is 0 Å². The molecule has 0 amide bonds. The van der Waals surface area contributed by atoms with E-state index >= 15 is 0 Å². The highest BCUT2D eigenvalue weighted by Crippen LogP contribution is 2.47. The van der Waals surface area contributed by atoms with Crippen LogP contribution in [0.3, 0.4) is 0 Å². The predicted octanol–water partition coefficient (Wildman–Crippen LogP) is 14.1. The molecule has 0 heterocycles. The van der Waals surface area contributed by atoms with E-state index in [2.05, 4.69) is 194 Å². The third-order valence-corrected chi connectivity index (χ3v) is 10.4. The number of benzene rings is 10. The molecule has 0 N–H and O–H groups in total. The van der Waals surface area contributed by atoms with Gasteiger partial charge in [0.25, 0.3) is 0 Å². The van der Waals surface area contributed by atoms with Gasteiger partial charge in [0.2, 0.25) is 0 Å². The lowest BCUT2D eigenvalue weighted by Crippen LogP contribution is -1.93. The molecule has 0 aliphatic rings. The van der Waals surface area contributed by atoms with E-state index in [4.69, 9.17) is 0 Å². The maximum Gasteiger partial charge on any atom is -0.00199 e. The SMILES string of the molecule is c1cc(-c2cccc3ccccc23)cc(-c2c3ccccc3c(-c3cccc4ccccc34)c3cc(-c4cccc5ccccc45)ccc23)c1. The average molecular weight is 633 g/mol. The summed E-state index contributed by atoms with van der Waals surface area (Å²) in [4.78, 5) is 0. The van der Waals surface area contributed by atoms with E-state index in [0.717, 1.165) is 0 Å². The van der Waals surface area contributed by atoms with E-state index in [0.29, 0.717) is 0 Å². The zero-order valence-electron chi connectivity index (χ0n) is 27.5. The van der Waals surface area contributed by atoms with Crippen LogP contribution >= 0.6 is 0 Å². The smallest absolute Gasteiger partial charge is 0.00199 e. The van der Waals surface area contributed by atoms with Crippen LogP contribution in [0.1, 0.15) is 0 Å². The van der Waals surface area contributed by atoms with Gasteiger partial charge in [0.1, 0.15) is 0 Å². The summed E-state index contributed by atoms with van der Waals surface area (Å²) in [5.41, 5.74) is 9.98. The second-order valence-electron chi connectivity index (χ2n) is 13.2. The minimum atomic E-state index is 1.22. The van der Waals surface area contributed by atoms with E-state index in [1.54, 1.807) is 0 Å². The fraction of sp³-hybridized carbons (Fsp3) is 0. The lowest BCUT2D eigenvalue weighted by molar-refractivity contribution is 1.63. The van der Waals surface area contributed by atoms with Crippen molar-refractivity contribution >= 4 is 53.9 Å². The molecule has 0 aromatic heterocycles. The molecule has 0 nitrogen and oxygen atoms in total. The molecule has 0 saturated carbocycles. The molecule has 50 heavy (non-hydrogen) atoms. The van der Waals surface area contributed by atoms with Crippen molar-refractivity contribution in [2.75, 3.05) is 0 Å².